The van der Waals surface area contributed by atoms with Crippen LogP contribution < -0.4 is 10.1 Å². The maximum absolute atomic E-state index is 5.61. The average Bonchev–Trinajstić information content (AvgIpc) is 2.52. The standard InChI is InChI=1S/C17H22N2O/c1-3-12-20-16-6-4-15(5-7-16)17(18-2)13-14-8-10-19-11-9-14/h4-11,17-18H,3,12-13H2,1-2H3. The number of aromatic nitrogens is 1. The average molecular weight is 270 g/mol. The Morgan fingerprint density at radius 3 is 2.40 bits per heavy atom. The first-order chi connectivity index (χ1) is 9.83. The van der Waals surface area contributed by atoms with Crippen LogP contribution in [0.15, 0.2) is 48.8 Å². The number of hydrogen-bond acceptors (Lipinski definition) is 3. The van der Waals surface area contributed by atoms with Gasteiger partial charge in [0, 0.05) is 18.4 Å². The van der Waals surface area contributed by atoms with Crippen LogP contribution in [0.3, 0.4) is 0 Å². The first-order valence-electron chi connectivity index (χ1n) is 7.12. The zero-order valence-corrected chi connectivity index (χ0v) is 12.2. The van der Waals surface area contributed by atoms with Crippen LogP contribution in [0, 0.1) is 0 Å². The van der Waals surface area contributed by atoms with E-state index in [0.717, 1.165) is 25.2 Å². The van der Waals surface area contributed by atoms with E-state index >= 15 is 0 Å². The second-order valence-corrected chi connectivity index (χ2v) is 4.82. The molecule has 20 heavy (non-hydrogen) atoms. The van der Waals surface area contributed by atoms with E-state index in [9.17, 15) is 0 Å². The minimum Gasteiger partial charge on any atom is -0.494 e. The molecule has 0 amide bonds. The summed E-state index contributed by atoms with van der Waals surface area (Å²) < 4.78 is 5.61. The number of benzene rings is 1. The van der Waals surface area contributed by atoms with Gasteiger partial charge in [-0.1, -0.05) is 19.1 Å². The van der Waals surface area contributed by atoms with Gasteiger partial charge in [0.2, 0.25) is 0 Å². The summed E-state index contributed by atoms with van der Waals surface area (Å²) in [6, 6.07) is 12.8. The minimum atomic E-state index is 0.303. The highest BCUT2D eigenvalue weighted by molar-refractivity contribution is 5.30. The summed E-state index contributed by atoms with van der Waals surface area (Å²) >= 11 is 0. The van der Waals surface area contributed by atoms with Crippen molar-refractivity contribution in [2.24, 2.45) is 0 Å². The third-order valence-corrected chi connectivity index (χ3v) is 3.29. The summed E-state index contributed by atoms with van der Waals surface area (Å²) in [4.78, 5) is 4.05. The van der Waals surface area contributed by atoms with E-state index < -0.39 is 0 Å². The summed E-state index contributed by atoms with van der Waals surface area (Å²) in [6.45, 7) is 2.88. The number of likely N-dealkylation sites (N-methyl/N-ethyl adjacent to an activating group) is 1. The van der Waals surface area contributed by atoms with Crippen LogP contribution in [0.4, 0.5) is 0 Å². The van der Waals surface area contributed by atoms with Crippen molar-refractivity contribution in [3.8, 4) is 5.75 Å². The van der Waals surface area contributed by atoms with Crippen molar-refractivity contribution in [3.63, 3.8) is 0 Å². The molecule has 2 aromatic rings. The van der Waals surface area contributed by atoms with E-state index in [1.165, 1.54) is 11.1 Å². The van der Waals surface area contributed by atoms with Gasteiger partial charge in [-0.2, -0.15) is 0 Å². The van der Waals surface area contributed by atoms with Crippen molar-refractivity contribution in [2.45, 2.75) is 25.8 Å². The molecular formula is C17H22N2O. The predicted molar refractivity (Wildman–Crippen MR) is 82.0 cm³/mol. The maximum Gasteiger partial charge on any atom is 0.119 e. The van der Waals surface area contributed by atoms with Gasteiger partial charge in [-0.15, -0.1) is 0 Å². The van der Waals surface area contributed by atoms with Crippen molar-refractivity contribution in [1.82, 2.24) is 10.3 Å². The zero-order valence-electron chi connectivity index (χ0n) is 12.2. The van der Waals surface area contributed by atoms with E-state index in [-0.39, 0.29) is 0 Å². The fraction of sp³-hybridized carbons (Fsp3) is 0.353. The van der Waals surface area contributed by atoms with Gasteiger partial charge >= 0.3 is 0 Å². The van der Waals surface area contributed by atoms with Gasteiger partial charge in [-0.3, -0.25) is 4.98 Å². The molecule has 1 N–H and O–H groups in total. The summed E-state index contributed by atoms with van der Waals surface area (Å²) in [6.07, 6.45) is 5.66. The van der Waals surface area contributed by atoms with Gasteiger partial charge in [-0.25, -0.2) is 0 Å². The Hall–Kier alpha value is -1.87. The van der Waals surface area contributed by atoms with E-state index in [0.29, 0.717) is 6.04 Å². The molecule has 1 atom stereocenters. The van der Waals surface area contributed by atoms with Gasteiger partial charge in [0.25, 0.3) is 0 Å². The lowest BCUT2D eigenvalue weighted by molar-refractivity contribution is 0.317. The quantitative estimate of drug-likeness (QED) is 0.837. The largest absolute Gasteiger partial charge is 0.494 e. The Balaban J connectivity index is 2.04. The Bertz CT molecular complexity index is 496. The molecule has 106 valence electrons. The minimum absolute atomic E-state index is 0.303. The molecular weight excluding hydrogens is 248 g/mol. The molecule has 1 unspecified atom stereocenters. The second kappa shape index (κ2) is 7.65. The van der Waals surface area contributed by atoms with Crippen molar-refractivity contribution < 1.29 is 4.74 Å². The fourth-order valence-electron chi connectivity index (χ4n) is 2.16. The van der Waals surface area contributed by atoms with Crippen LogP contribution in [0.5, 0.6) is 5.75 Å². The number of ether oxygens (including phenoxy) is 1. The Morgan fingerprint density at radius 1 is 1.10 bits per heavy atom. The lowest BCUT2D eigenvalue weighted by Gasteiger charge is -2.17. The third kappa shape index (κ3) is 4.07. The Morgan fingerprint density at radius 2 is 1.80 bits per heavy atom. The van der Waals surface area contributed by atoms with Crippen LogP contribution in [-0.2, 0) is 6.42 Å². The van der Waals surface area contributed by atoms with Crippen LogP contribution >= 0.6 is 0 Å². The molecule has 1 heterocycles. The van der Waals surface area contributed by atoms with E-state index in [1.54, 1.807) is 0 Å². The molecule has 0 aliphatic heterocycles. The van der Waals surface area contributed by atoms with Gasteiger partial charge in [0.1, 0.15) is 5.75 Å². The second-order valence-electron chi connectivity index (χ2n) is 4.82. The molecule has 3 nitrogen and oxygen atoms in total. The number of nitrogens with one attached hydrogen (secondary N) is 1. The summed E-state index contributed by atoms with van der Waals surface area (Å²) in [5, 5.41) is 3.37. The van der Waals surface area contributed by atoms with Gasteiger partial charge < -0.3 is 10.1 Å². The van der Waals surface area contributed by atoms with Crippen molar-refractivity contribution in [2.75, 3.05) is 13.7 Å². The summed E-state index contributed by atoms with van der Waals surface area (Å²) in [7, 11) is 1.99. The maximum atomic E-state index is 5.61. The molecule has 2 rings (SSSR count). The Labute approximate surface area is 121 Å². The van der Waals surface area contributed by atoms with Crippen molar-refractivity contribution >= 4 is 0 Å². The number of rotatable bonds is 7. The molecule has 1 aromatic carbocycles. The molecule has 0 fully saturated rings. The molecule has 0 aliphatic carbocycles. The molecule has 0 spiro atoms. The van der Waals surface area contributed by atoms with Crippen LogP contribution in [0.2, 0.25) is 0 Å². The molecule has 0 saturated carbocycles. The normalized spacial score (nSPS) is 12.1. The molecule has 1 aromatic heterocycles. The van der Waals surface area contributed by atoms with E-state index in [4.69, 9.17) is 4.74 Å². The van der Waals surface area contributed by atoms with E-state index in [2.05, 4.69) is 41.5 Å². The summed E-state index contributed by atoms with van der Waals surface area (Å²) in [5.74, 6) is 0.939. The fourth-order valence-corrected chi connectivity index (χ4v) is 2.16. The Kier molecular flexibility index (Phi) is 5.56. The molecule has 0 saturated heterocycles. The molecule has 3 heteroatoms. The van der Waals surface area contributed by atoms with Crippen molar-refractivity contribution in [1.29, 1.82) is 0 Å². The van der Waals surface area contributed by atoms with Crippen LogP contribution in [0.25, 0.3) is 0 Å². The van der Waals surface area contributed by atoms with Gasteiger partial charge in [0.05, 0.1) is 6.61 Å². The number of hydrogen-bond donors (Lipinski definition) is 1. The molecule has 0 bridgehead atoms. The van der Waals surface area contributed by atoms with Crippen molar-refractivity contribution in [3.05, 3.63) is 59.9 Å². The van der Waals surface area contributed by atoms with Crippen LogP contribution in [-0.4, -0.2) is 18.6 Å². The van der Waals surface area contributed by atoms with Gasteiger partial charge in [-0.05, 0) is 55.3 Å². The lowest BCUT2D eigenvalue weighted by Crippen LogP contribution is -2.18. The molecule has 0 aliphatic rings. The van der Waals surface area contributed by atoms with Gasteiger partial charge in [0.15, 0.2) is 0 Å². The summed E-state index contributed by atoms with van der Waals surface area (Å²) in [5.41, 5.74) is 2.55. The highest BCUT2D eigenvalue weighted by Gasteiger charge is 2.10. The van der Waals surface area contributed by atoms with E-state index in [1.807, 2.05) is 31.6 Å². The SMILES string of the molecule is CCCOc1ccc(C(Cc2ccncc2)NC)cc1. The lowest BCUT2D eigenvalue weighted by atomic mass is 9.99. The predicted octanol–water partition coefficient (Wildman–Crippen LogP) is 3.37. The highest BCUT2D eigenvalue weighted by Crippen LogP contribution is 2.21. The molecule has 0 radical (unpaired) electrons. The first-order valence-corrected chi connectivity index (χ1v) is 7.12. The number of pyridine rings is 1. The topological polar surface area (TPSA) is 34.1 Å². The number of nitrogens with zero attached hydrogens (tertiary/aromatic N) is 1. The monoisotopic (exact) mass is 270 g/mol. The third-order valence-electron chi connectivity index (χ3n) is 3.29. The first kappa shape index (κ1) is 14.5. The van der Waals surface area contributed by atoms with Crippen LogP contribution in [0.1, 0.15) is 30.5 Å². The smallest absolute Gasteiger partial charge is 0.119 e. The highest BCUT2D eigenvalue weighted by atomic mass is 16.5. The zero-order chi connectivity index (χ0) is 14.2.